The van der Waals surface area contributed by atoms with Crippen LogP contribution in [-0.4, -0.2) is 35.4 Å². The Hall–Kier alpha value is -3.01. The van der Waals surface area contributed by atoms with Crippen LogP contribution in [0, 0.1) is 37.5 Å². The SMILES string of the molecule is Cc1cc(NS(=O)(=O)c2ccc(NC(=O)[C@H]3[C@H]4CC[C@@H](C4)[C@H]3C(=O)O)cc2)nc(C)n1. The van der Waals surface area contributed by atoms with E-state index in [1.807, 2.05) is 0 Å². The van der Waals surface area contributed by atoms with Gasteiger partial charge in [-0.25, -0.2) is 18.4 Å². The molecule has 2 aromatic rings. The minimum atomic E-state index is -3.87. The quantitative estimate of drug-likeness (QED) is 0.622. The van der Waals surface area contributed by atoms with Crippen LogP contribution in [0.3, 0.4) is 0 Å². The predicted molar refractivity (Wildman–Crippen MR) is 113 cm³/mol. The third kappa shape index (κ3) is 4.25. The van der Waals surface area contributed by atoms with Crippen LogP contribution >= 0.6 is 0 Å². The molecule has 1 heterocycles. The molecule has 0 unspecified atom stereocenters. The zero-order valence-electron chi connectivity index (χ0n) is 17.2. The lowest BCUT2D eigenvalue weighted by Gasteiger charge is -2.27. The molecule has 1 aromatic heterocycles. The Kier molecular flexibility index (Phi) is 5.42. The van der Waals surface area contributed by atoms with Crippen LogP contribution in [-0.2, 0) is 19.6 Å². The number of anilines is 2. The molecular weight excluding hydrogens is 420 g/mol. The summed E-state index contributed by atoms with van der Waals surface area (Å²) >= 11 is 0. The molecule has 2 saturated carbocycles. The number of nitrogens with zero attached hydrogens (tertiary/aromatic N) is 2. The number of carboxylic acids is 1. The Morgan fingerprint density at radius 1 is 1.03 bits per heavy atom. The maximum absolute atomic E-state index is 12.8. The molecule has 0 radical (unpaired) electrons. The standard InChI is InChI=1S/C21H24N4O5S/c1-11-9-17(23-12(2)22-11)25-31(29,30)16-7-5-15(6-8-16)24-20(26)18-13-3-4-14(10-13)19(18)21(27)28/h5-9,13-14,18-19H,3-4,10H2,1-2H3,(H,24,26)(H,27,28)(H,22,23,25)/t13-,14-,18-,19+/m0/s1. The van der Waals surface area contributed by atoms with Crippen molar-refractivity contribution in [2.75, 3.05) is 10.0 Å². The van der Waals surface area contributed by atoms with Crippen LogP contribution in [0.2, 0.25) is 0 Å². The van der Waals surface area contributed by atoms with E-state index in [4.69, 9.17) is 0 Å². The third-order valence-electron chi connectivity index (χ3n) is 6.14. The number of fused-ring (bicyclic) bond motifs is 2. The van der Waals surface area contributed by atoms with Crippen molar-refractivity contribution in [1.29, 1.82) is 0 Å². The molecule has 0 aliphatic heterocycles. The first-order valence-electron chi connectivity index (χ1n) is 10.1. The Labute approximate surface area is 180 Å². The lowest BCUT2D eigenvalue weighted by molar-refractivity contribution is -0.148. The average Bonchev–Trinajstić information content (AvgIpc) is 3.28. The van der Waals surface area contributed by atoms with Crippen LogP contribution in [0.15, 0.2) is 35.2 Å². The first-order chi connectivity index (χ1) is 14.6. The Morgan fingerprint density at radius 3 is 2.29 bits per heavy atom. The second-order valence-electron chi connectivity index (χ2n) is 8.28. The summed E-state index contributed by atoms with van der Waals surface area (Å²) < 4.78 is 27.7. The largest absolute Gasteiger partial charge is 0.481 e. The van der Waals surface area contributed by atoms with Gasteiger partial charge in [-0.05, 0) is 69.2 Å². The van der Waals surface area contributed by atoms with E-state index in [0.29, 0.717) is 17.2 Å². The fraction of sp³-hybridized carbons (Fsp3) is 0.429. The number of hydrogen-bond acceptors (Lipinski definition) is 6. The summed E-state index contributed by atoms with van der Waals surface area (Å²) in [4.78, 5) is 32.6. The van der Waals surface area contributed by atoms with Gasteiger partial charge in [0.15, 0.2) is 0 Å². The molecule has 0 saturated heterocycles. The second kappa shape index (κ2) is 7.92. The van der Waals surface area contributed by atoms with Crippen molar-refractivity contribution >= 4 is 33.4 Å². The maximum atomic E-state index is 12.8. The van der Waals surface area contributed by atoms with Gasteiger partial charge in [0.05, 0.1) is 16.7 Å². The van der Waals surface area contributed by atoms with Gasteiger partial charge in [-0.1, -0.05) is 0 Å². The number of sulfonamides is 1. The van der Waals surface area contributed by atoms with Crippen LogP contribution in [0.25, 0.3) is 0 Å². The molecule has 2 aliphatic carbocycles. The van der Waals surface area contributed by atoms with E-state index in [9.17, 15) is 23.1 Å². The first kappa shape index (κ1) is 21.2. The van der Waals surface area contributed by atoms with Crippen LogP contribution in [0.1, 0.15) is 30.8 Å². The van der Waals surface area contributed by atoms with Crippen molar-refractivity contribution in [1.82, 2.24) is 9.97 Å². The topological polar surface area (TPSA) is 138 Å². The van der Waals surface area contributed by atoms with E-state index in [2.05, 4.69) is 20.0 Å². The number of aromatic nitrogens is 2. The number of amides is 1. The van der Waals surface area contributed by atoms with E-state index in [1.165, 1.54) is 30.3 Å². The van der Waals surface area contributed by atoms with E-state index in [-0.39, 0.29) is 28.5 Å². The van der Waals surface area contributed by atoms with Crippen molar-refractivity contribution in [2.24, 2.45) is 23.7 Å². The molecule has 2 aliphatic rings. The molecule has 0 spiro atoms. The molecule has 1 amide bonds. The highest BCUT2D eigenvalue weighted by molar-refractivity contribution is 7.92. The molecule has 2 fully saturated rings. The van der Waals surface area contributed by atoms with E-state index in [0.717, 1.165) is 19.3 Å². The van der Waals surface area contributed by atoms with E-state index in [1.54, 1.807) is 13.8 Å². The van der Waals surface area contributed by atoms with E-state index >= 15 is 0 Å². The van der Waals surface area contributed by atoms with Crippen molar-refractivity contribution < 1.29 is 23.1 Å². The highest BCUT2D eigenvalue weighted by Crippen LogP contribution is 2.52. The summed E-state index contributed by atoms with van der Waals surface area (Å²) in [5, 5.41) is 12.3. The summed E-state index contributed by atoms with van der Waals surface area (Å²) in [5.74, 6) is -1.65. The Bertz CT molecular complexity index is 1110. The minimum absolute atomic E-state index is 0.0164. The van der Waals surface area contributed by atoms with Gasteiger partial charge < -0.3 is 10.4 Å². The molecule has 31 heavy (non-hydrogen) atoms. The summed E-state index contributed by atoms with van der Waals surface area (Å²) in [7, 11) is -3.87. The molecule has 2 bridgehead atoms. The van der Waals surface area contributed by atoms with Crippen molar-refractivity contribution in [3.63, 3.8) is 0 Å². The minimum Gasteiger partial charge on any atom is -0.481 e. The average molecular weight is 445 g/mol. The number of aliphatic carboxylic acids is 1. The Balaban J connectivity index is 1.46. The fourth-order valence-electron chi connectivity index (χ4n) is 4.93. The number of rotatable bonds is 6. The molecule has 4 rings (SSSR count). The fourth-order valence-corrected chi connectivity index (χ4v) is 5.92. The van der Waals surface area contributed by atoms with Gasteiger partial charge in [0.1, 0.15) is 11.6 Å². The van der Waals surface area contributed by atoms with Gasteiger partial charge in [-0.3, -0.25) is 14.3 Å². The molecule has 4 atom stereocenters. The smallest absolute Gasteiger partial charge is 0.307 e. The molecule has 9 nitrogen and oxygen atoms in total. The summed E-state index contributed by atoms with van der Waals surface area (Å²) in [6.45, 7) is 3.42. The highest BCUT2D eigenvalue weighted by atomic mass is 32.2. The number of benzene rings is 1. The van der Waals surface area contributed by atoms with Crippen LogP contribution < -0.4 is 10.0 Å². The number of hydrogen-bond donors (Lipinski definition) is 3. The number of carbonyl (C=O) groups excluding carboxylic acids is 1. The van der Waals surface area contributed by atoms with Crippen LogP contribution in [0.5, 0.6) is 0 Å². The third-order valence-corrected chi connectivity index (χ3v) is 7.51. The van der Waals surface area contributed by atoms with Gasteiger partial charge in [-0.15, -0.1) is 0 Å². The number of carboxylic acid groups (broad SMARTS) is 1. The van der Waals surface area contributed by atoms with Crippen molar-refractivity contribution in [2.45, 2.75) is 38.0 Å². The zero-order valence-corrected chi connectivity index (χ0v) is 18.0. The van der Waals surface area contributed by atoms with Gasteiger partial charge >= 0.3 is 5.97 Å². The molecule has 1 aromatic carbocycles. The number of nitrogens with one attached hydrogen (secondary N) is 2. The van der Waals surface area contributed by atoms with Gasteiger partial charge in [-0.2, -0.15) is 0 Å². The maximum Gasteiger partial charge on any atom is 0.307 e. The molecule has 10 heteroatoms. The molecule has 3 N–H and O–H groups in total. The zero-order chi connectivity index (χ0) is 22.3. The van der Waals surface area contributed by atoms with Gasteiger partial charge in [0, 0.05) is 17.4 Å². The lowest BCUT2D eigenvalue weighted by Crippen LogP contribution is -2.37. The molecule has 164 valence electrons. The lowest BCUT2D eigenvalue weighted by atomic mass is 9.78. The summed E-state index contributed by atoms with van der Waals surface area (Å²) in [5.41, 5.74) is 1.06. The highest BCUT2D eigenvalue weighted by Gasteiger charge is 2.53. The molecular formula is C21H24N4O5S. The number of carbonyl (C=O) groups is 2. The Morgan fingerprint density at radius 2 is 1.68 bits per heavy atom. The normalized spacial score (nSPS) is 24.7. The second-order valence-corrected chi connectivity index (χ2v) is 9.97. The summed E-state index contributed by atoms with van der Waals surface area (Å²) in [6.07, 6.45) is 2.51. The monoisotopic (exact) mass is 444 g/mol. The summed E-state index contributed by atoms with van der Waals surface area (Å²) in [6, 6.07) is 7.29. The number of aryl methyl sites for hydroxylation is 2. The van der Waals surface area contributed by atoms with Gasteiger partial charge in [0.25, 0.3) is 10.0 Å². The van der Waals surface area contributed by atoms with Gasteiger partial charge in [0.2, 0.25) is 5.91 Å². The first-order valence-corrected chi connectivity index (χ1v) is 11.6. The van der Waals surface area contributed by atoms with Crippen LogP contribution in [0.4, 0.5) is 11.5 Å². The van der Waals surface area contributed by atoms with E-state index < -0.39 is 27.8 Å². The van der Waals surface area contributed by atoms with Crippen molar-refractivity contribution in [3.05, 3.63) is 41.9 Å². The predicted octanol–water partition coefficient (Wildman–Crippen LogP) is 2.58. The van der Waals surface area contributed by atoms with Crippen molar-refractivity contribution in [3.8, 4) is 0 Å².